The van der Waals surface area contributed by atoms with E-state index in [0.717, 1.165) is 23.3 Å². The van der Waals surface area contributed by atoms with Gasteiger partial charge in [-0.05, 0) is 50.1 Å². The summed E-state index contributed by atoms with van der Waals surface area (Å²) in [5.74, 6) is -1.55. The maximum atomic E-state index is 13.0. The van der Waals surface area contributed by atoms with Crippen molar-refractivity contribution in [3.8, 4) is 5.75 Å². The molecule has 0 saturated carbocycles. The van der Waals surface area contributed by atoms with E-state index in [4.69, 9.17) is 21.1 Å². The van der Waals surface area contributed by atoms with Crippen LogP contribution >= 0.6 is 11.6 Å². The monoisotopic (exact) mass is 379 g/mol. The van der Waals surface area contributed by atoms with Gasteiger partial charge in [-0.25, -0.2) is 9.18 Å². The Bertz CT molecular complexity index is 805. The molecule has 0 unspecified atom stereocenters. The lowest BCUT2D eigenvalue weighted by Gasteiger charge is -2.16. The summed E-state index contributed by atoms with van der Waals surface area (Å²) in [5.41, 5.74) is 2.51. The first kappa shape index (κ1) is 19.7. The van der Waals surface area contributed by atoms with E-state index in [9.17, 15) is 14.0 Å². The van der Waals surface area contributed by atoms with Gasteiger partial charge in [-0.1, -0.05) is 29.8 Å². The number of hydrogen-bond acceptors (Lipinski definition) is 4. The number of hydrogen-bond donors (Lipinski definition) is 1. The molecule has 0 heterocycles. The molecule has 1 amide bonds. The number of esters is 1. The van der Waals surface area contributed by atoms with E-state index in [2.05, 4.69) is 5.32 Å². The minimum absolute atomic E-state index is 0.0404. The quantitative estimate of drug-likeness (QED) is 0.769. The molecule has 2 aromatic carbocycles. The molecule has 0 bridgehead atoms. The lowest BCUT2D eigenvalue weighted by atomic mass is 10.1. The Hall–Kier alpha value is -2.60. The highest BCUT2D eigenvalue weighted by atomic mass is 35.5. The van der Waals surface area contributed by atoms with Gasteiger partial charge in [0.2, 0.25) is 0 Å². The molecule has 0 aliphatic heterocycles. The Kier molecular flexibility index (Phi) is 6.58. The van der Waals surface area contributed by atoms with Crippen molar-refractivity contribution < 1.29 is 23.5 Å². The van der Waals surface area contributed by atoms with Crippen LogP contribution < -0.4 is 10.1 Å². The van der Waals surface area contributed by atoms with Gasteiger partial charge in [-0.3, -0.25) is 4.79 Å². The summed E-state index contributed by atoms with van der Waals surface area (Å²) in [6.45, 7) is 4.76. The minimum atomic E-state index is -1.01. The van der Waals surface area contributed by atoms with E-state index in [-0.39, 0.29) is 10.8 Å². The second-order valence-corrected chi connectivity index (χ2v) is 6.16. The fourth-order valence-corrected chi connectivity index (χ4v) is 2.47. The summed E-state index contributed by atoms with van der Waals surface area (Å²) >= 11 is 5.81. The summed E-state index contributed by atoms with van der Waals surface area (Å²) in [6, 6.07) is 9.18. The van der Waals surface area contributed by atoms with Crippen LogP contribution in [0, 0.1) is 19.7 Å². The third kappa shape index (κ3) is 5.20. The molecule has 26 heavy (non-hydrogen) atoms. The van der Waals surface area contributed by atoms with Gasteiger partial charge >= 0.3 is 5.97 Å². The van der Waals surface area contributed by atoms with Crippen LogP contribution in [0.4, 0.5) is 10.1 Å². The SMILES string of the molecule is Cc1cccc(C)c1NC(=O)[C@H](C)OC(=O)COc1ccc(F)cc1Cl. The van der Waals surface area contributed by atoms with E-state index >= 15 is 0 Å². The molecule has 0 aromatic heterocycles. The Balaban J connectivity index is 1.89. The van der Waals surface area contributed by atoms with Crippen molar-refractivity contribution in [2.24, 2.45) is 0 Å². The number of benzene rings is 2. The first-order valence-electron chi connectivity index (χ1n) is 7.92. The molecule has 7 heteroatoms. The van der Waals surface area contributed by atoms with E-state index < -0.39 is 30.4 Å². The van der Waals surface area contributed by atoms with Gasteiger partial charge < -0.3 is 14.8 Å². The van der Waals surface area contributed by atoms with Crippen LogP contribution in [-0.2, 0) is 14.3 Å². The zero-order valence-electron chi connectivity index (χ0n) is 14.6. The van der Waals surface area contributed by atoms with Crippen molar-refractivity contribution in [3.63, 3.8) is 0 Å². The van der Waals surface area contributed by atoms with Crippen LogP contribution in [0.3, 0.4) is 0 Å². The van der Waals surface area contributed by atoms with E-state index in [1.54, 1.807) is 0 Å². The number of aryl methyl sites for hydroxylation is 2. The van der Waals surface area contributed by atoms with Crippen molar-refractivity contribution in [1.82, 2.24) is 0 Å². The second-order valence-electron chi connectivity index (χ2n) is 5.75. The average Bonchev–Trinajstić information content (AvgIpc) is 2.57. The molecule has 0 fully saturated rings. The molecule has 0 aliphatic rings. The molecule has 2 aromatic rings. The fraction of sp³-hybridized carbons (Fsp3) is 0.263. The maximum absolute atomic E-state index is 13.0. The first-order chi connectivity index (χ1) is 12.3. The molecule has 138 valence electrons. The lowest BCUT2D eigenvalue weighted by Crippen LogP contribution is -2.32. The number of anilines is 1. The lowest BCUT2D eigenvalue weighted by molar-refractivity contribution is -0.155. The van der Waals surface area contributed by atoms with E-state index in [1.807, 2.05) is 32.0 Å². The van der Waals surface area contributed by atoms with Crippen LogP contribution in [0.5, 0.6) is 5.75 Å². The highest BCUT2D eigenvalue weighted by Crippen LogP contribution is 2.25. The van der Waals surface area contributed by atoms with E-state index in [1.165, 1.54) is 13.0 Å². The topological polar surface area (TPSA) is 64.6 Å². The largest absolute Gasteiger partial charge is 0.480 e. The summed E-state index contributed by atoms with van der Waals surface area (Å²) in [4.78, 5) is 24.1. The van der Waals surface area contributed by atoms with Crippen molar-refractivity contribution in [2.45, 2.75) is 26.9 Å². The molecule has 0 spiro atoms. The summed E-state index contributed by atoms with van der Waals surface area (Å²) < 4.78 is 23.2. The van der Waals surface area contributed by atoms with Crippen LogP contribution in [0.15, 0.2) is 36.4 Å². The Morgan fingerprint density at radius 1 is 1.19 bits per heavy atom. The number of ether oxygens (including phenoxy) is 2. The molecule has 2 rings (SSSR count). The third-order valence-corrected chi connectivity index (χ3v) is 3.94. The van der Waals surface area contributed by atoms with Gasteiger partial charge in [0, 0.05) is 5.69 Å². The zero-order valence-corrected chi connectivity index (χ0v) is 15.4. The molecule has 0 saturated heterocycles. The van der Waals surface area contributed by atoms with Gasteiger partial charge in [-0.15, -0.1) is 0 Å². The van der Waals surface area contributed by atoms with Crippen molar-refractivity contribution in [3.05, 3.63) is 58.4 Å². The van der Waals surface area contributed by atoms with Gasteiger partial charge in [0.05, 0.1) is 5.02 Å². The third-order valence-electron chi connectivity index (χ3n) is 3.65. The molecule has 1 atom stereocenters. The number of amides is 1. The molecule has 0 radical (unpaired) electrons. The second kappa shape index (κ2) is 8.67. The van der Waals surface area contributed by atoms with Crippen molar-refractivity contribution in [2.75, 3.05) is 11.9 Å². The van der Waals surface area contributed by atoms with Gasteiger partial charge in [0.25, 0.3) is 5.91 Å². The number of para-hydroxylation sites is 1. The number of halogens is 2. The molecule has 5 nitrogen and oxygen atoms in total. The average molecular weight is 380 g/mol. The Labute approximate surface area is 156 Å². The van der Waals surface area contributed by atoms with Crippen molar-refractivity contribution in [1.29, 1.82) is 0 Å². The number of carbonyl (C=O) groups is 2. The standard InChI is InChI=1S/C19H19ClFNO4/c1-11-5-4-6-12(2)18(11)22-19(24)13(3)26-17(23)10-25-16-8-7-14(21)9-15(16)20/h4-9,13H,10H2,1-3H3,(H,22,24)/t13-/m0/s1. The first-order valence-corrected chi connectivity index (χ1v) is 8.30. The maximum Gasteiger partial charge on any atom is 0.344 e. The minimum Gasteiger partial charge on any atom is -0.480 e. The summed E-state index contributed by atoms with van der Waals surface area (Å²) in [6.07, 6.45) is -1.01. The molecular formula is C19H19ClFNO4. The molecule has 0 aliphatic carbocycles. The van der Waals surface area contributed by atoms with Crippen LogP contribution in [-0.4, -0.2) is 24.6 Å². The predicted molar refractivity (Wildman–Crippen MR) is 97.0 cm³/mol. The summed E-state index contributed by atoms with van der Waals surface area (Å²) in [5, 5.41) is 2.79. The summed E-state index contributed by atoms with van der Waals surface area (Å²) in [7, 11) is 0. The van der Waals surface area contributed by atoms with Gasteiger partial charge in [0.1, 0.15) is 11.6 Å². The Morgan fingerprint density at radius 3 is 2.46 bits per heavy atom. The highest BCUT2D eigenvalue weighted by Gasteiger charge is 2.19. The highest BCUT2D eigenvalue weighted by molar-refractivity contribution is 6.32. The van der Waals surface area contributed by atoms with Gasteiger partial charge in [-0.2, -0.15) is 0 Å². The van der Waals surface area contributed by atoms with Crippen molar-refractivity contribution >= 4 is 29.2 Å². The number of rotatable bonds is 6. The van der Waals surface area contributed by atoms with E-state index in [0.29, 0.717) is 5.69 Å². The fourth-order valence-electron chi connectivity index (χ4n) is 2.25. The predicted octanol–water partition coefficient (Wildman–Crippen LogP) is 4.05. The Morgan fingerprint density at radius 2 is 1.85 bits per heavy atom. The van der Waals surface area contributed by atoms with Crippen LogP contribution in [0.25, 0.3) is 0 Å². The van der Waals surface area contributed by atoms with Crippen LogP contribution in [0.2, 0.25) is 5.02 Å². The van der Waals surface area contributed by atoms with Gasteiger partial charge in [0.15, 0.2) is 12.7 Å². The molecular weight excluding hydrogens is 361 g/mol. The number of carbonyl (C=O) groups excluding carboxylic acids is 2. The zero-order chi connectivity index (χ0) is 19.3. The smallest absolute Gasteiger partial charge is 0.344 e. The normalized spacial score (nSPS) is 11.6. The number of nitrogens with one attached hydrogen (secondary N) is 1. The molecule has 1 N–H and O–H groups in total. The van der Waals surface area contributed by atoms with Crippen LogP contribution in [0.1, 0.15) is 18.1 Å².